The summed E-state index contributed by atoms with van der Waals surface area (Å²) >= 11 is 0. The SMILES string of the molecule is CCC1CN(Cc2cc(C(CC(=O)NCC(=O)NC(C)C)c3ccc4c(nnn4CC)c3C)ccc2C)S(O)(O)c2cccnc2O1. The van der Waals surface area contributed by atoms with Crippen molar-refractivity contribution in [3.05, 3.63) is 76.5 Å². The van der Waals surface area contributed by atoms with Gasteiger partial charge in [-0.15, -0.1) is 15.9 Å². The minimum absolute atomic E-state index is 0.0319. The van der Waals surface area contributed by atoms with E-state index in [1.807, 2.05) is 76.6 Å². The molecule has 12 nitrogen and oxygen atoms in total. The van der Waals surface area contributed by atoms with E-state index in [2.05, 4.69) is 25.9 Å². The van der Waals surface area contributed by atoms with Gasteiger partial charge >= 0.3 is 0 Å². The minimum atomic E-state index is -3.41. The number of hydrogen-bond donors (Lipinski definition) is 4. The fourth-order valence-corrected chi connectivity index (χ4v) is 7.55. The van der Waals surface area contributed by atoms with E-state index in [1.54, 1.807) is 22.6 Å². The third-order valence-electron chi connectivity index (χ3n) is 8.60. The summed E-state index contributed by atoms with van der Waals surface area (Å²) in [4.78, 5) is 30.2. The van der Waals surface area contributed by atoms with Crippen molar-refractivity contribution < 1.29 is 23.4 Å². The van der Waals surface area contributed by atoms with Gasteiger partial charge in [0.05, 0.1) is 18.6 Å². The Hall–Kier alpha value is -4.04. The zero-order valence-electron chi connectivity index (χ0n) is 27.9. The summed E-state index contributed by atoms with van der Waals surface area (Å²) in [5.74, 6) is -0.647. The van der Waals surface area contributed by atoms with Gasteiger partial charge in [0.2, 0.25) is 17.7 Å². The molecule has 0 aliphatic carbocycles. The maximum absolute atomic E-state index is 13.4. The average molecular weight is 664 g/mol. The van der Waals surface area contributed by atoms with Gasteiger partial charge in [-0.3, -0.25) is 18.7 Å². The van der Waals surface area contributed by atoms with Crippen LogP contribution in [0, 0.1) is 13.8 Å². The normalized spacial score (nSPS) is 17.4. The molecule has 2 unspecified atom stereocenters. The maximum atomic E-state index is 13.4. The molecule has 5 rings (SSSR count). The highest BCUT2D eigenvalue weighted by Crippen LogP contribution is 2.57. The third-order valence-corrected chi connectivity index (χ3v) is 10.5. The van der Waals surface area contributed by atoms with Crippen molar-refractivity contribution >= 4 is 33.6 Å². The summed E-state index contributed by atoms with van der Waals surface area (Å²) in [5.41, 5.74) is 6.29. The van der Waals surface area contributed by atoms with Gasteiger partial charge in [0.1, 0.15) is 16.5 Å². The Morgan fingerprint density at radius 2 is 1.89 bits per heavy atom. The Morgan fingerprint density at radius 3 is 2.62 bits per heavy atom. The van der Waals surface area contributed by atoms with Crippen molar-refractivity contribution in [2.24, 2.45) is 0 Å². The van der Waals surface area contributed by atoms with Crippen LogP contribution in [0.3, 0.4) is 0 Å². The Labute approximate surface area is 277 Å². The zero-order valence-corrected chi connectivity index (χ0v) is 28.7. The summed E-state index contributed by atoms with van der Waals surface area (Å²) in [6.07, 6.45) is 2.06. The number of amides is 2. The van der Waals surface area contributed by atoms with Gasteiger partial charge < -0.3 is 15.4 Å². The molecule has 0 saturated heterocycles. The first-order valence-corrected chi connectivity index (χ1v) is 17.6. The van der Waals surface area contributed by atoms with Gasteiger partial charge in [-0.2, -0.15) is 4.31 Å². The van der Waals surface area contributed by atoms with Gasteiger partial charge in [0.15, 0.2) is 0 Å². The molecular formula is C34H45N7O5S. The molecule has 1 aliphatic heterocycles. The van der Waals surface area contributed by atoms with E-state index in [0.717, 1.165) is 38.9 Å². The number of carbonyl (C=O) groups excluding carboxylic acids is 2. The van der Waals surface area contributed by atoms with E-state index < -0.39 is 10.8 Å². The van der Waals surface area contributed by atoms with Crippen LogP contribution in [0.1, 0.15) is 74.3 Å². The van der Waals surface area contributed by atoms with E-state index >= 15 is 0 Å². The molecule has 2 aromatic carbocycles. The van der Waals surface area contributed by atoms with Crippen LogP contribution in [-0.4, -0.2) is 70.4 Å². The number of nitrogens with zero attached hydrogens (tertiary/aromatic N) is 5. The molecule has 2 aromatic heterocycles. The molecule has 4 N–H and O–H groups in total. The van der Waals surface area contributed by atoms with Gasteiger partial charge in [0, 0.05) is 37.7 Å². The molecule has 0 saturated carbocycles. The molecule has 47 heavy (non-hydrogen) atoms. The van der Waals surface area contributed by atoms with Crippen molar-refractivity contribution in [2.45, 2.75) is 90.4 Å². The Morgan fingerprint density at radius 1 is 1.11 bits per heavy atom. The highest BCUT2D eigenvalue weighted by Gasteiger charge is 2.36. The number of fused-ring (bicyclic) bond motifs is 2. The second kappa shape index (κ2) is 14.4. The van der Waals surface area contributed by atoms with Crippen LogP contribution in [-0.2, 0) is 22.7 Å². The van der Waals surface area contributed by atoms with Crippen molar-refractivity contribution in [3.63, 3.8) is 0 Å². The standard InChI is InChI=1S/C34H45N7O5S/c1-7-26-20-40(47(44,45)30-10-9-15-35-34(30)46-26)19-25-16-24(12-11-22(25)5)28(17-31(42)36-18-32(43)37-21(3)4)27-13-14-29-33(23(27)6)38-39-41(29)8-2/h9-16,21,26,28,44-45H,7-8,17-20H2,1-6H3,(H,36,42)(H,37,43). The van der Waals surface area contributed by atoms with Crippen LogP contribution in [0.25, 0.3) is 11.0 Å². The van der Waals surface area contributed by atoms with E-state index in [1.165, 1.54) is 0 Å². The van der Waals surface area contributed by atoms with Crippen LogP contribution in [0.4, 0.5) is 0 Å². The van der Waals surface area contributed by atoms with Crippen LogP contribution in [0.5, 0.6) is 5.88 Å². The molecule has 4 aromatic rings. The van der Waals surface area contributed by atoms with E-state index in [0.29, 0.717) is 19.5 Å². The molecule has 2 amide bonds. The predicted molar refractivity (Wildman–Crippen MR) is 182 cm³/mol. The lowest BCUT2D eigenvalue weighted by Gasteiger charge is -2.41. The second-order valence-electron chi connectivity index (χ2n) is 12.3. The van der Waals surface area contributed by atoms with E-state index in [-0.39, 0.29) is 60.2 Å². The van der Waals surface area contributed by atoms with Gasteiger partial charge in [-0.05, 0) is 87.1 Å². The molecule has 0 spiro atoms. The Bertz CT molecular complexity index is 1760. The highest BCUT2D eigenvalue weighted by molar-refractivity contribution is 8.22. The first-order valence-electron chi connectivity index (χ1n) is 16.1. The first kappa shape index (κ1) is 34.3. The van der Waals surface area contributed by atoms with Gasteiger partial charge in [0.25, 0.3) is 0 Å². The van der Waals surface area contributed by atoms with E-state index in [9.17, 15) is 18.7 Å². The topological polar surface area (TPSA) is 155 Å². The highest BCUT2D eigenvalue weighted by atomic mass is 32.3. The number of nitrogens with one attached hydrogen (secondary N) is 2. The lowest BCUT2D eigenvalue weighted by Crippen LogP contribution is -2.40. The van der Waals surface area contributed by atoms with Crippen molar-refractivity contribution in [1.82, 2.24) is 34.9 Å². The maximum Gasteiger partial charge on any atom is 0.239 e. The lowest BCUT2D eigenvalue weighted by molar-refractivity contribution is -0.126. The summed E-state index contributed by atoms with van der Waals surface area (Å²) in [7, 11) is -3.41. The second-order valence-corrected chi connectivity index (χ2v) is 14.3. The summed E-state index contributed by atoms with van der Waals surface area (Å²) in [6.45, 7) is 12.8. The minimum Gasteiger partial charge on any atom is -0.472 e. The molecule has 1 aliphatic rings. The van der Waals surface area contributed by atoms with Crippen molar-refractivity contribution in [2.75, 3.05) is 13.1 Å². The van der Waals surface area contributed by atoms with Crippen molar-refractivity contribution in [1.29, 1.82) is 0 Å². The molecule has 252 valence electrons. The largest absolute Gasteiger partial charge is 0.472 e. The molecule has 0 fully saturated rings. The summed E-state index contributed by atoms with van der Waals surface area (Å²) in [5, 5.41) is 14.3. The van der Waals surface area contributed by atoms with Crippen LogP contribution < -0.4 is 15.4 Å². The number of aryl methyl sites for hydroxylation is 3. The van der Waals surface area contributed by atoms with E-state index in [4.69, 9.17) is 4.74 Å². The molecule has 2 atom stereocenters. The summed E-state index contributed by atoms with van der Waals surface area (Å²) < 4.78 is 32.7. The molecule has 3 heterocycles. The number of hydrogen-bond acceptors (Lipinski definition) is 9. The Kier molecular flexibility index (Phi) is 10.5. The Balaban J connectivity index is 1.51. The number of aromatic nitrogens is 4. The molecule has 13 heteroatoms. The first-order chi connectivity index (χ1) is 22.4. The quantitative estimate of drug-likeness (QED) is 0.167. The van der Waals surface area contributed by atoms with Crippen molar-refractivity contribution in [3.8, 4) is 5.88 Å². The molecule has 0 radical (unpaired) electrons. The fraction of sp³-hybridized carbons (Fsp3) is 0.441. The zero-order chi connectivity index (χ0) is 33.9. The monoisotopic (exact) mass is 663 g/mol. The number of benzene rings is 2. The number of carbonyl (C=O) groups is 2. The molecular weight excluding hydrogens is 618 g/mol. The number of ether oxygens (including phenoxy) is 1. The smallest absolute Gasteiger partial charge is 0.239 e. The predicted octanol–water partition coefficient (Wildman–Crippen LogP) is 5.32. The van der Waals surface area contributed by atoms with Crippen LogP contribution in [0.2, 0.25) is 0 Å². The van der Waals surface area contributed by atoms with Gasteiger partial charge in [-0.1, -0.05) is 36.4 Å². The fourth-order valence-electron chi connectivity index (χ4n) is 5.98. The third kappa shape index (κ3) is 7.43. The number of rotatable bonds is 11. The lowest BCUT2D eigenvalue weighted by atomic mass is 9.84. The van der Waals surface area contributed by atoms with Crippen LogP contribution in [0.15, 0.2) is 53.6 Å². The average Bonchev–Trinajstić information content (AvgIpc) is 3.43. The van der Waals surface area contributed by atoms with Crippen LogP contribution >= 0.6 is 10.8 Å². The summed E-state index contributed by atoms with van der Waals surface area (Å²) in [6, 6.07) is 13.3. The van der Waals surface area contributed by atoms with Gasteiger partial charge in [-0.25, -0.2) is 9.67 Å². The number of pyridine rings is 1. The molecule has 0 bridgehead atoms.